The number of nitrogens with one attached hydrogen (secondary N) is 1. The van der Waals surface area contributed by atoms with E-state index in [-0.39, 0.29) is 5.91 Å². The smallest absolute Gasteiger partial charge is 0.419 e. The second kappa shape index (κ2) is 10.2. The fraction of sp³-hybridized carbons (Fsp3) is 0.467. The fourth-order valence-electron chi connectivity index (χ4n) is 5.29. The van der Waals surface area contributed by atoms with Crippen molar-refractivity contribution in [3.05, 3.63) is 53.1 Å². The lowest BCUT2D eigenvalue weighted by Crippen LogP contribution is -2.29. The third-order valence-corrected chi connectivity index (χ3v) is 6.91. The van der Waals surface area contributed by atoms with Crippen LogP contribution in [0.3, 0.4) is 0 Å². The molecule has 3 heterocycles. The lowest BCUT2D eigenvalue weighted by molar-refractivity contribution is 0.0547. The number of rotatable bonds is 6. The molecule has 0 saturated carbocycles. The minimum absolute atomic E-state index is 0.140. The maximum atomic E-state index is 13.6. The maximum Gasteiger partial charge on any atom is 0.419 e. The molecule has 7 heteroatoms. The van der Waals surface area contributed by atoms with E-state index < -0.39 is 11.7 Å². The van der Waals surface area contributed by atoms with Crippen molar-refractivity contribution in [2.45, 2.75) is 72.1 Å². The minimum atomic E-state index is -0.662. The Balaban J connectivity index is 1.65. The molecule has 3 aromatic rings. The zero-order valence-corrected chi connectivity index (χ0v) is 22.4. The van der Waals surface area contributed by atoms with Gasteiger partial charge in [-0.1, -0.05) is 19.4 Å². The molecule has 0 bridgehead atoms. The number of carbonyl (C=O) groups is 2. The van der Waals surface area contributed by atoms with E-state index in [4.69, 9.17) is 9.47 Å². The average Bonchev–Trinajstić information content (AvgIpc) is 3.42. The third kappa shape index (κ3) is 5.37. The first-order chi connectivity index (χ1) is 17.7. The van der Waals surface area contributed by atoms with Crippen molar-refractivity contribution in [1.82, 2.24) is 14.8 Å². The molecule has 1 N–H and O–H groups in total. The Morgan fingerprint density at radius 1 is 1.05 bits per heavy atom. The minimum Gasteiger partial charge on any atom is -0.494 e. The van der Waals surface area contributed by atoms with Gasteiger partial charge in [0.2, 0.25) is 0 Å². The average molecular weight is 504 g/mol. The van der Waals surface area contributed by atoms with E-state index in [1.165, 1.54) is 24.8 Å². The summed E-state index contributed by atoms with van der Waals surface area (Å²) in [6.45, 7) is 11.8. The van der Waals surface area contributed by atoms with Crippen molar-refractivity contribution < 1.29 is 19.1 Å². The molecule has 2 aliphatic heterocycles. The van der Waals surface area contributed by atoms with Crippen LogP contribution in [0.2, 0.25) is 0 Å². The van der Waals surface area contributed by atoms with Gasteiger partial charge >= 0.3 is 6.09 Å². The lowest BCUT2D eigenvalue weighted by Gasteiger charge is -2.26. The van der Waals surface area contributed by atoms with E-state index in [0.29, 0.717) is 35.7 Å². The van der Waals surface area contributed by atoms with Gasteiger partial charge in [-0.05, 0) is 94.6 Å². The van der Waals surface area contributed by atoms with Gasteiger partial charge in [-0.15, -0.1) is 0 Å². The Bertz CT molecular complexity index is 1330. The number of carbonyl (C=O) groups excluding carboxylic acids is 2. The van der Waals surface area contributed by atoms with Gasteiger partial charge in [0, 0.05) is 24.0 Å². The standard InChI is InChI=1S/C30H37N3O4/c1-5-13-36-23-15-22-18-31-28(34)27(22)24(17-23)26-16-21-14-20(19-32-11-7-6-8-12-32)9-10-25(21)33(26)29(35)37-30(2,3)4/h9-10,14-17H,5-8,11-13,18-19H2,1-4H3,(H,31,34). The van der Waals surface area contributed by atoms with Gasteiger partial charge in [0.05, 0.1) is 23.4 Å². The summed E-state index contributed by atoms with van der Waals surface area (Å²) < 4.78 is 13.4. The molecule has 0 atom stereocenters. The van der Waals surface area contributed by atoms with E-state index in [2.05, 4.69) is 29.3 Å². The number of nitrogens with zero attached hydrogens (tertiary/aromatic N) is 2. The van der Waals surface area contributed by atoms with Crippen molar-refractivity contribution in [3.8, 4) is 17.0 Å². The van der Waals surface area contributed by atoms with Crippen molar-refractivity contribution >= 4 is 22.9 Å². The highest BCUT2D eigenvalue weighted by Gasteiger charge is 2.29. The van der Waals surface area contributed by atoms with Crippen LogP contribution in [0, 0.1) is 0 Å². The molecule has 1 saturated heterocycles. The van der Waals surface area contributed by atoms with Crippen LogP contribution in [-0.2, 0) is 17.8 Å². The largest absolute Gasteiger partial charge is 0.494 e. The predicted molar refractivity (Wildman–Crippen MR) is 145 cm³/mol. The first kappa shape index (κ1) is 25.3. The van der Waals surface area contributed by atoms with E-state index in [9.17, 15) is 9.59 Å². The Hall–Kier alpha value is -3.32. The van der Waals surface area contributed by atoms with Crippen LogP contribution in [-0.4, -0.2) is 46.8 Å². The summed E-state index contributed by atoms with van der Waals surface area (Å²) in [5.74, 6) is 0.553. The van der Waals surface area contributed by atoms with Gasteiger partial charge < -0.3 is 14.8 Å². The summed E-state index contributed by atoms with van der Waals surface area (Å²) >= 11 is 0. The highest BCUT2D eigenvalue weighted by molar-refractivity contribution is 6.07. The second-order valence-corrected chi connectivity index (χ2v) is 11.1. The molecule has 2 aliphatic rings. The first-order valence-electron chi connectivity index (χ1n) is 13.4. The third-order valence-electron chi connectivity index (χ3n) is 6.91. The second-order valence-electron chi connectivity index (χ2n) is 11.1. The van der Waals surface area contributed by atoms with Gasteiger partial charge in [-0.2, -0.15) is 0 Å². The van der Waals surface area contributed by atoms with Gasteiger partial charge in [0.1, 0.15) is 11.4 Å². The van der Waals surface area contributed by atoms with Crippen molar-refractivity contribution in [3.63, 3.8) is 0 Å². The number of fused-ring (bicyclic) bond motifs is 2. The summed E-state index contributed by atoms with van der Waals surface area (Å²) in [5.41, 5.74) is 4.09. The van der Waals surface area contributed by atoms with Crippen molar-refractivity contribution in [2.24, 2.45) is 0 Å². The Labute approximate surface area is 218 Å². The molecule has 0 spiro atoms. The highest BCUT2D eigenvalue weighted by atomic mass is 16.6. The maximum absolute atomic E-state index is 13.6. The van der Waals surface area contributed by atoms with Crippen molar-refractivity contribution in [1.29, 1.82) is 0 Å². The molecular weight excluding hydrogens is 466 g/mol. The zero-order valence-electron chi connectivity index (χ0n) is 22.4. The van der Waals surface area contributed by atoms with Gasteiger partial charge in [-0.25, -0.2) is 9.36 Å². The molecule has 0 radical (unpaired) electrons. The lowest BCUT2D eigenvalue weighted by atomic mass is 9.99. The van der Waals surface area contributed by atoms with E-state index >= 15 is 0 Å². The summed E-state index contributed by atoms with van der Waals surface area (Å²) in [7, 11) is 0. The van der Waals surface area contributed by atoms with Crippen LogP contribution in [0.15, 0.2) is 36.4 Å². The number of likely N-dealkylation sites (tertiary alicyclic amines) is 1. The van der Waals surface area contributed by atoms with Gasteiger partial charge in [0.15, 0.2) is 0 Å². The quantitative estimate of drug-likeness (QED) is 0.439. The normalized spacial score (nSPS) is 16.1. The first-order valence-corrected chi connectivity index (χ1v) is 13.4. The number of amides is 1. The Morgan fingerprint density at radius 3 is 2.57 bits per heavy atom. The van der Waals surface area contributed by atoms with Crippen LogP contribution in [0.1, 0.15) is 74.9 Å². The number of benzene rings is 2. The van der Waals surface area contributed by atoms with E-state index in [1.54, 1.807) is 4.57 Å². The molecule has 5 rings (SSSR count). The molecule has 1 amide bonds. The number of aromatic nitrogens is 1. The number of hydrogen-bond donors (Lipinski definition) is 1. The number of hydrogen-bond acceptors (Lipinski definition) is 5. The summed E-state index contributed by atoms with van der Waals surface area (Å²) in [5, 5.41) is 3.87. The number of ether oxygens (including phenoxy) is 2. The predicted octanol–water partition coefficient (Wildman–Crippen LogP) is 6.11. The van der Waals surface area contributed by atoms with Gasteiger partial charge in [-0.3, -0.25) is 9.69 Å². The Kier molecular flexibility index (Phi) is 6.99. The Morgan fingerprint density at radius 2 is 1.84 bits per heavy atom. The molecule has 37 heavy (non-hydrogen) atoms. The SMILES string of the molecule is CCCOc1cc2c(c(-c3cc4cc(CN5CCCCC5)ccc4n3C(=O)OC(C)(C)C)c1)C(=O)NC2. The van der Waals surface area contributed by atoms with E-state index in [1.807, 2.05) is 45.0 Å². The van der Waals surface area contributed by atoms with Crippen LogP contribution in [0.25, 0.3) is 22.2 Å². The van der Waals surface area contributed by atoms with Crippen LogP contribution in [0.5, 0.6) is 5.75 Å². The fourth-order valence-corrected chi connectivity index (χ4v) is 5.29. The molecule has 0 aliphatic carbocycles. The summed E-state index contributed by atoms with van der Waals surface area (Å²) in [4.78, 5) is 29.0. The monoisotopic (exact) mass is 503 g/mol. The van der Waals surface area contributed by atoms with Crippen LogP contribution < -0.4 is 10.1 Å². The molecule has 0 unspecified atom stereocenters. The molecule has 196 valence electrons. The van der Waals surface area contributed by atoms with Crippen LogP contribution >= 0.6 is 0 Å². The highest BCUT2D eigenvalue weighted by Crippen LogP contribution is 2.37. The summed E-state index contributed by atoms with van der Waals surface area (Å²) in [6, 6.07) is 12.1. The van der Waals surface area contributed by atoms with E-state index in [0.717, 1.165) is 42.5 Å². The van der Waals surface area contributed by atoms with Crippen LogP contribution in [0.4, 0.5) is 4.79 Å². The molecule has 1 fully saturated rings. The molecule has 2 aromatic carbocycles. The van der Waals surface area contributed by atoms with Gasteiger partial charge in [0.25, 0.3) is 5.91 Å². The zero-order chi connectivity index (χ0) is 26.2. The number of piperidine rings is 1. The molecule has 1 aromatic heterocycles. The summed E-state index contributed by atoms with van der Waals surface area (Å²) in [6.07, 6.45) is 4.20. The van der Waals surface area contributed by atoms with Crippen molar-refractivity contribution in [2.75, 3.05) is 19.7 Å². The molecule has 7 nitrogen and oxygen atoms in total. The topological polar surface area (TPSA) is 72.8 Å². The molecular formula is C30H37N3O4.